The maximum Gasteiger partial charge on any atom is 0.150 e. The van der Waals surface area contributed by atoms with Crippen LogP contribution < -0.4 is 0 Å². The molecule has 1 unspecified atom stereocenters. The third kappa shape index (κ3) is 3.08. The van der Waals surface area contributed by atoms with Crippen molar-refractivity contribution in [2.45, 2.75) is 6.10 Å². The molecule has 1 atom stereocenters. The Morgan fingerprint density at radius 2 is 2.00 bits per heavy atom. The van der Waals surface area contributed by atoms with Gasteiger partial charge in [-0.15, -0.1) is 0 Å². The molecule has 0 fully saturated rings. The molecule has 0 saturated heterocycles. The number of hydrogen-bond donors (Lipinski definition) is 1. The van der Waals surface area contributed by atoms with Crippen molar-refractivity contribution in [1.82, 2.24) is 0 Å². The fourth-order valence-electron chi connectivity index (χ4n) is 1.12. The number of hydrogen-bond acceptors (Lipinski definition) is 3. The van der Waals surface area contributed by atoms with Gasteiger partial charge in [-0.3, -0.25) is 0 Å². The van der Waals surface area contributed by atoms with E-state index in [1.165, 1.54) is 18.2 Å². The molecule has 1 aromatic carbocycles. The zero-order valence-corrected chi connectivity index (χ0v) is 8.46. The van der Waals surface area contributed by atoms with Crippen molar-refractivity contribution in [3.63, 3.8) is 0 Å². The molecule has 0 aromatic heterocycles. The summed E-state index contributed by atoms with van der Waals surface area (Å²) in [5.41, 5.74) is 0.0120. The van der Waals surface area contributed by atoms with E-state index in [1.54, 1.807) is 6.07 Å². The number of benzene rings is 1. The molecule has 0 radical (unpaired) electrons. The van der Waals surface area contributed by atoms with Gasteiger partial charge in [0.2, 0.25) is 0 Å². The predicted octanol–water partition coefficient (Wildman–Crippen LogP) is 0.904. The van der Waals surface area contributed by atoms with Gasteiger partial charge in [-0.05, 0) is 6.07 Å². The zero-order valence-electron chi connectivity index (χ0n) is 7.64. The molecule has 0 heterocycles. The highest BCUT2D eigenvalue weighted by molar-refractivity contribution is 7.90. The number of halogens is 1. The van der Waals surface area contributed by atoms with Crippen molar-refractivity contribution in [1.29, 1.82) is 0 Å². The fourth-order valence-corrected chi connectivity index (χ4v) is 1.87. The van der Waals surface area contributed by atoms with E-state index in [0.29, 0.717) is 0 Å². The highest BCUT2D eigenvalue weighted by Gasteiger charge is 2.17. The first-order valence-corrected chi connectivity index (χ1v) is 6.06. The average molecular weight is 218 g/mol. The molecule has 5 heteroatoms. The van der Waals surface area contributed by atoms with Crippen molar-refractivity contribution in [2.24, 2.45) is 0 Å². The Morgan fingerprint density at radius 1 is 1.43 bits per heavy atom. The van der Waals surface area contributed by atoms with Crippen LogP contribution in [0.15, 0.2) is 24.3 Å². The van der Waals surface area contributed by atoms with Crippen LogP contribution in [0.2, 0.25) is 0 Å². The van der Waals surface area contributed by atoms with Gasteiger partial charge in [0.15, 0.2) is 0 Å². The van der Waals surface area contributed by atoms with E-state index in [2.05, 4.69) is 0 Å². The summed E-state index contributed by atoms with van der Waals surface area (Å²) in [5.74, 6) is -1.06. The average Bonchev–Trinajstić information content (AvgIpc) is 2.01. The van der Waals surface area contributed by atoms with Crippen LogP contribution in [0.1, 0.15) is 11.7 Å². The summed E-state index contributed by atoms with van der Waals surface area (Å²) in [7, 11) is -3.30. The van der Waals surface area contributed by atoms with Gasteiger partial charge in [-0.25, -0.2) is 12.8 Å². The van der Waals surface area contributed by atoms with Crippen molar-refractivity contribution < 1.29 is 17.9 Å². The third-order valence-corrected chi connectivity index (χ3v) is 2.65. The largest absolute Gasteiger partial charge is 0.387 e. The summed E-state index contributed by atoms with van der Waals surface area (Å²) >= 11 is 0. The van der Waals surface area contributed by atoms with E-state index in [0.717, 1.165) is 6.26 Å². The van der Waals surface area contributed by atoms with Gasteiger partial charge in [0.05, 0.1) is 11.9 Å². The Bertz CT molecular complexity index is 414. The lowest BCUT2D eigenvalue weighted by Gasteiger charge is -2.09. The van der Waals surface area contributed by atoms with Crippen LogP contribution >= 0.6 is 0 Å². The minimum absolute atomic E-state index is 0.0120. The first-order chi connectivity index (χ1) is 6.40. The van der Waals surface area contributed by atoms with Crippen molar-refractivity contribution in [3.8, 4) is 0 Å². The molecular formula is C9H11FO3S. The molecule has 0 spiro atoms. The van der Waals surface area contributed by atoms with E-state index < -0.39 is 27.5 Å². The van der Waals surface area contributed by atoms with Crippen molar-refractivity contribution >= 4 is 9.84 Å². The number of sulfone groups is 1. The number of rotatable bonds is 3. The molecule has 0 amide bonds. The Kier molecular flexibility index (Phi) is 3.23. The summed E-state index contributed by atoms with van der Waals surface area (Å²) in [5, 5.41) is 9.42. The van der Waals surface area contributed by atoms with Crippen LogP contribution in [-0.4, -0.2) is 25.5 Å². The van der Waals surface area contributed by atoms with E-state index in [1.807, 2.05) is 0 Å². The Hall–Kier alpha value is -0.940. The number of aliphatic hydroxyl groups is 1. The minimum Gasteiger partial charge on any atom is -0.387 e. The van der Waals surface area contributed by atoms with Crippen LogP contribution in [0.4, 0.5) is 4.39 Å². The topological polar surface area (TPSA) is 54.4 Å². The normalized spacial score (nSPS) is 13.9. The monoisotopic (exact) mass is 218 g/mol. The van der Waals surface area contributed by atoms with Crippen molar-refractivity contribution in [3.05, 3.63) is 35.6 Å². The smallest absolute Gasteiger partial charge is 0.150 e. The molecule has 0 saturated carbocycles. The molecule has 3 nitrogen and oxygen atoms in total. The maximum absolute atomic E-state index is 13.1. The van der Waals surface area contributed by atoms with Gasteiger partial charge < -0.3 is 5.11 Å². The minimum atomic E-state index is -3.30. The second-order valence-corrected chi connectivity index (χ2v) is 5.31. The molecule has 0 aliphatic heterocycles. The molecule has 1 aromatic rings. The van der Waals surface area contributed by atoms with E-state index in [9.17, 15) is 17.9 Å². The van der Waals surface area contributed by atoms with Crippen molar-refractivity contribution in [2.75, 3.05) is 12.0 Å². The van der Waals surface area contributed by atoms with E-state index in [-0.39, 0.29) is 5.56 Å². The lowest BCUT2D eigenvalue weighted by Crippen LogP contribution is -2.13. The van der Waals surface area contributed by atoms with Gasteiger partial charge in [0, 0.05) is 11.8 Å². The standard InChI is InChI=1S/C9H11FO3S/c1-14(12,13)6-9(11)7-4-2-3-5-8(7)10/h2-5,9,11H,6H2,1H3. The quantitative estimate of drug-likeness (QED) is 0.820. The summed E-state index contributed by atoms with van der Waals surface area (Å²) in [6, 6.07) is 5.57. The van der Waals surface area contributed by atoms with Gasteiger partial charge in [0.1, 0.15) is 15.7 Å². The van der Waals surface area contributed by atoms with Gasteiger partial charge in [0.25, 0.3) is 0 Å². The van der Waals surface area contributed by atoms with Gasteiger partial charge >= 0.3 is 0 Å². The van der Waals surface area contributed by atoms with Gasteiger partial charge in [-0.2, -0.15) is 0 Å². The summed E-state index contributed by atoms with van der Waals surface area (Å²) < 4.78 is 34.7. The molecular weight excluding hydrogens is 207 g/mol. The molecule has 78 valence electrons. The van der Waals surface area contributed by atoms with Crippen LogP contribution in [0, 0.1) is 5.82 Å². The maximum atomic E-state index is 13.1. The lowest BCUT2D eigenvalue weighted by molar-refractivity contribution is 0.197. The second kappa shape index (κ2) is 4.06. The van der Waals surface area contributed by atoms with Gasteiger partial charge in [-0.1, -0.05) is 18.2 Å². The highest BCUT2D eigenvalue weighted by Crippen LogP contribution is 2.17. The zero-order chi connectivity index (χ0) is 10.8. The molecule has 0 aliphatic carbocycles. The lowest BCUT2D eigenvalue weighted by atomic mass is 10.1. The molecule has 0 aliphatic rings. The second-order valence-electron chi connectivity index (χ2n) is 3.13. The number of aliphatic hydroxyl groups excluding tert-OH is 1. The molecule has 0 bridgehead atoms. The van der Waals surface area contributed by atoms with Crippen LogP contribution in [0.3, 0.4) is 0 Å². The highest BCUT2D eigenvalue weighted by atomic mass is 32.2. The first kappa shape index (κ1) is 11.1. The van der Waals surface area contributed by atoms with Crippen LogP contribution in [0.5, 0.6) is 0 Å². The summed E-state index contributed by atoms with van der Waals surface area (Å²) in [6.45, 7) is 0. The summed E-state index contributed by atoms with van der Waals surface area (Å²) in [4.78, 5) is 0. The first-order valence-electron chi connectivity index (χ1n) is 4.00. The Morgan fingerprint density at radius 3 is 2.50 bits per heavy atom. The molecule has 1 N–H and O–H groups in total. The van der Waals surface area contributed by atoms with Crippen LogP contribution in [0.25, 0.3) is 0 Å². The molecule has 14 heavy (non-hydrogen) atoms. The van der Waals surface area contributed by atoms with E-state index >= 15 is 0 Å². The SMILES string of the molecule is CS(=O)(=O)CC(O)c1ccccc1F. The Balaban J connectivity index is 2.90. The van der Waals surface area contributed by atoms with E-state index in [4.69, 9.17) is 0 Å². The third-order valence-electron chi connectivity index (χ3n) is 1.72. The Labute approximate surface area is 82.1 Å². The fraction of sp³-hybridized carbons (Fsp3) is 0.333. The predicted molar refractivity (Wildman–Crippen MR) is 51.1 cm³/mol. The van der Waals surface area contributed by atoms with Crippen LogP contribution in [-0.2, 0) is 9.84 Å². The molecule has 1 rings (SSSR count). The summed E-state index contributed by atoms with van der Waals surface area (Å²) in [6.07, 6.45) is -0.303.